The number of carbonyl (C=O) groups is 1. The van der Waals surface area contributed by atoms with Gasteiger partial charge in [0.25, 0.3) is 15.9 Å². The zero-order valence-corrected chi connectivity index (χ0v) is 16.7. The van der Waals surface area contributed by atoms with E-state index in [2.05, 4.69) is 10.0 Å². The second-order valence-corrected chi connectivity index (χ2v) is 8.31. The van der Waals surface area contributed by atoms with Crippen molar-refractivity contribution in [3.05, 3.63) is 53.6 Å². The molecule has 0 saturated carbocycles. The van der Waals surface area contributed by atoms with Crippen LogP contribution in [0.2, 0.25) is 0 Å². The SMILES string of the molecule is COc1ccc(S(=O)(=O)Nc2ccccc2C(=O)NC[C@H]2CCCO2)cc1C. The first-order valence-electron chi connectivity index (χ1n) is 9.07. The fraction of sp³-hybridized carbons (Fsp3) is 0.350. The standard InChI is InChI=1S/C20H24N2O5S/c1-14-12-16(9-10-19(14)26-2)28(24,25)22-18-8-4-3-7-17(18)20(23)21-13-15-6-5-11-27-15/h3-4,7-10,12,15,22H,5-6,11,13H2,1-2H3,(H,21,23)/t15-/m1/s1. The summed E-state index contributed by atoms with van der Waals surface area (Å²) < 4.78 is 38.8. The quantitative estimate of drug-likeness (QED) is 0.740. The van der Waals surface area contributed by atoms with E-state index in [0.29, 0.717) is 24.5 Å². The van der Waals surface area contributed by atoms with Gasteiger partial charge in [0.2, 0.25) is 0 Å². The minimum atomic E-state index is -3.86. The molecule has 0 radical (unpaired) electrons. The lowest BCUT2D eigenvalue weighted by atomic mass is 10.1. The summed E-state index contributed by atoms with van der Waals surface area (Å²) in [6, 6.07) is 11.1. The van der Waals surface area contributed by atoms with Crippen molar-refractivity contribution in [1.29, 1.82) is 0 Å². The number of sulfonamides is 1. The minimum Gasteiger partial charge on any atom is -0.496 e. The van der Waals surface area contributed by atoms with Crippen molar-refractivity contribution in [1.82, 2.24) is 5.32 Å². The van der Waals surface area contributed by atoms with Crippen LogP contribution < -0.4 is 14.8 Å². The van der Waals surface area contributed by atoms with Crippen molar-refractivity contribution in [2.24, 2.45) is 0 Å². The molecule has 0 bridgehead atoms. The average molecular weight is 404 g/mol. The van der Waals surface area contributed by atoms with Gasteiger partial charge in [-0.2, -0.15) is 0 Å². The Hall–Kier alpha value is -2.58. The van der Waals surface area contributed by atoms with Crippen LogP contribution in [0.25, 0.3) is 0 Å². The second kappa shape index (κ2) is 8.62. The Morgan fingerprint density at radius 2 is 2.04 bits per heavy atom. The molecule has 1 aliphatic rings. The topological polar surface area (TPSA) is 93.7 Å². The summed E-state index contributed by atoms with van der Waals surface area (Å²) in [6.07, 6.45) is 1.90. The number of hydrogen-bond donors (Lipinski definition) is 2. The molecule has 28 heavy (non-hydrogen) atoms. The molecule has 1 saturated heterocycles. The van der Waals surface area contributed by atoms with Gasteiger partial charge in [-0.1, -0.05) is 12.1 Å². The number of methoxy groups -OCH3 is 1. The highest BCUT2D eigenvalue weighted by Crippen LogP contribution is 2.24. The largest absolute Gasteiger partial charge is 0.496 e. The molecule has 0 aliphatic carbocycles. The molecule has 150 valence electrons. The normalized spacial score (nSPS) is 16.6. The Morgan fingerprint density at radius 3 is 2.71 bits per heavy atom. The van der Waals surface area contributed by atoms with Crippen molar-refractivity contribution in [3.63, 3.8) is 0 Å². The molecule has 1 amide bonds. The lowest BCUT2D eigenvalue weighted by Gasteiger charge is -2.15. The maximum Gasteiger partial charge on any atom is 0.261 e. The summed E-state index contributed by atoms with van der Waals surface area (Å²) >= 11 is 0. The summed E-state index contributed by atoms with van der Waals surface area (Å²) in [5, 5.41) is 2.82. The van der Waals surface area contributed by atoms with E-state index >= 15 is 0 Å². The third kappa shape index (κ3) is 4.63. The van der Waals surface area contributed by atoms with E-state index in [1.54, 1.807) is 37.3 Å². The lowest BCUT2D eigenvalue weighted by molar-refractivity contribution is 0.0858. The smallest absolute Gasteiger partial charge is 0.261 e. The van der Waals surface area contributed by atoms with Gasteiger partial charge in [0, 0.05) is 13.2 Å². The molecule has 8 heteroatoms. The molecule has 0 aromatic heterocycles. The van der Waals surface area contributed by atoms with Crippen LogP contribution in [0.5, 0.6) is 5.75 Å². The van der Waals surface area contributed by atoms with E-state index < -0.39 is 10.0 Å². The number of carbonyl (C=O) groups excluding carboxylic acids is 1. The Kier molecular flexibility index (Phi) is 6.21. The van der Waals surface area contributed by atoms with Gasteiger partial charge in [0.05, 0.1) is 29.4 Å². The molecule has 2 aromatic carbocycles. The number of rotatable bonds is 7. The van der Waals surface area contributed by atoms with E-state index in [-0.39, 0.29) is 28.2 Å². The van der Waals surface area contributed by atoms with Crippen LogP contribution in [0.1, 0.15) is 28.8 Å². The summed E-state index contributed by atoms with van der Waals surface area (Å²) in [6.45, 7) is 2.88. The van der Waals surface area contributed by atoms with Gasteiger partial charge in [-0.15, -0.1) is 0 Å². The van der Waals surface area contributed by atoms with Crippen LogP contribution in [-0.2, 0) is 14.8 Å². The third-order valence-corrected chi connectivity index (χ3v) is 5.97. The molecule has 3 rings (SSSR count). The zero-order chi connectivity index (χ0) is 20.1. The van der Waals surface area contributed by atoms with Crippen molar-refractivity contribution < 1.29 is 22.7 Å². The second-order valence-electron chi connectivity index (χ2n) is 6.63. The third-order valence-electron chi connectivity index (χ3n) is 4.61. The molecule has 1 aliphatic heterocycles. The molecular weight excluding hydrogens is 380 g/mol. The highest BCUT2D eigenvalue weighted by Gasteiger charge is 2.21. The van der Waals surface area contributed by atoms with E-state index in [1.165, 1.54) is 19.2 Å². The Balaban J connectivity index is 1.78. The maximum absolute atomic E-state index is 12.8. The highest BCUT2D eigenvalue weighted by molar-refractivity contribution is 7.92. The number of para-hydroxylation sites is 1. The highest BCUT2D eigenvalue weighted by atomic mass is 32.2. The molecule has 1 heterocycles. The van der Waals surface area contributed by atoms with Gasteiger partial charge < -0.3 is 14.8 Å². The van der Waals surface area contributed by atoms with Crippen molar-refractivity contribution in [2.45, 2.75) is 30.8 Å². The van der Waals surface area contributed by atoms with E-state index in [9.17, 15) is 13.2 Å². The molecule has 0 spiro atoms. The van der Waals surface area contributed by atoms with E-state index in [4.69, 9.17) is 9.47 Å². The van der Waals surface area contributed by atoms with Crippen molar-refractivity contribution in [3.8, 4) is 5.75 Å². The van der Waals surface area contributed by atoms with Gasteiger partial charge in [-0.05, 0) is 55.7 Å². The van der Waals surface area contributed by atoms with Crippen LogP contribution in [0.3, 0.4) is 0 Å². The average Bonchev–Trinajstić information content (AvgIpc) is 3.20. The number of ether oxygens (including phenoxy) is 2. The molecule has 2 N–H and O–H groups in total. The van der Waals surface area contributed by atoms with Crippen LogP contribution in [0.4, 0.5) is 5.69 Å². The number of nitrogens with one attached hydrogen (secondary N) is 2. The Bertz CT molecular complexity index is 953. The summed E-state index contributed by atoms with van der Waals surface area (Å²) in [5.74, 6) is 0.257. The predicted octanol–water partition coefficient (Wildman–Crippen LogP) is 2.71. The monoisotopic (exact) mass is 404 g/mol. The van der Waals surface area contributed by atoms with Crippen LogP contribution in [0.15, 0.2) is 47.4 Å². The van der Waals surface area contributed by atoms with E-state index in [0.717, 1.165) is 12.8 Å². The molecule has 7 nitrogen and oxygen atoms in total. The summed E-state index contributed by atoms with van der Waals surface area (Å²) in [4.78, 5) is 12.7. The lowest BCUT2D eigenvalue weighted by Crippen LogP contribution is -2.32. The molecule has 2 aromatic rings. The van der Waals surface area contributed by atoms with Gasteiger partial charge in [0.15, 0.2) is 0 Å². The summed E-state index contributed by atoms with van der Waals surface area (Å²) in [5.41, 5.74) is 1.18. The summed E-state index contributed by atoms with van der Waals surface area (Å²) in [7, 11) is -2.33. The maximum atomic E-state index is 12.8. The number of amides is 1. The van der Waals surface area contributed by atoms with Crippen LogP contribution >= 0.6 is 0 Å². The minimum absolute atomic E-state index is 0.00933. The zero-order valence-electron chi connectivity index (χ0n) is 15.9. The first-order chi connectivity index (χ1) is 13.4. The van der Waals surface area contributed by atoms with Crippen molar-refractivity contribution >= 4 is 21.6 Å². The van der Waals surface area contributed by atoms with Gasteiger partial charge in [-0.25, -0.2) is 8.42 Å². The Morgan fingerprint density at radius 1 is 1.25 bits per heavy atom. The first-order valence-corrected chi connectivity index (χ1v) is 10.6. The van der Waals surface area contributed by atoms with Gasteiger partial charge in [0.1, 0.15) is 5.75 Å². The predicted molar refractivity (Wildman–Crippen MR) is 106 cm³/mol. The van der Waals surface area contributed by atoms with Crippen LogP contribution in [0, 0.1) is 6.92 Å². The van der Waals surface area contributed by atoms with Crippen molar-refractivity contribution in [2.75, 3.05) is 25.0 Å². The number of aryl methyl sites for hydroxylation is 1. The fourth-order valence-corrected chi connectivity index (χ4v) is 4.26. The number of hydrogen-bond acceptors (Lipinski definition) is 5. The van der Waals surface area contributed by atoms with Crippen LogP contribution in [-0.4, -0.2) is 40.7 Å². The Labute approximate surface area is 165 Å². The number of anilines is 1. The van der Waals surface area contributed by atoms with Gasteiger partial charge in [-0.3, -0.25) is 9.52 Å². The number of benzene rings is 2. The molecule has 1 fully saturated rings. The van der Waals surface area contributed by atoms with E-state index in [1.807, 2.05) is 0 Å². The fourth-order valence-electron chi connectivity index (χ4n) is 3.10. The molecule has 0 unspecified atom stereocenters. The molecule has 1 atom stereocenters. The molecular formula is C20H24N2O5S. The van der Waals surface area contributed by atoms with Gasteiger partial charge >= 0.3 is 0 Å². The first kappa shape index (κ1) is 20.2.